The lowest BCUT2D eigenvalue weighted by atomic mass is 9.98. The molecule has 2 aromatic rings. The van der Waals surface area contributed by atoms with E-state index in [1.807, 2.05) is 30.3 Å². The summed E-state index contributed by atoms with van der Waals surface area (Å²) < 4.78 is 9.98. The Morgan fingerprint density at radius 3 is 2.56 bits per heavy atom. The van der Waals surface area contributed by atoms with Crippen LogP contribution in [0.3, 0.4) is 0 Å². The Balaban J connectivity index is 2.68. The van der Waals surface area contributed by atoms with Gasteiger partial charge in [-0.2, -0.15) is 0 Å². The molecule has 0 heterocycles. The number of hydrogen-bond acceptors (Lipinski definition) is 4. The molecule has 1 atom stereocenters. The highest BCUT2D eigenvalue weighted by Gasteiger charge is 2.22. The fourth-order valence-corrected chi connectivity index (χ4v) is 2.02. The molecule has 0 fully saturated rings. The van der Waals surface area contributed by atoms with Crippen LogP contribution in [0.15, 0.2) is 36.4 Å². The van der Waals surface area contributed by atoms with Crippen LogP contribution in [0.25, 0.3) is 10.8 Å². The van der Waals surface area contributed by atoms with Crippen molar-refractivity contribution in [3.63, 3.8) is 0 Å². The smallest absolute Gasteiger partial charge is 0.327 e. The highest BCUT2D eigenvalue weighted by atomic mass is 16.5. The van der Waals surface area contributed by atoms with Crippen LogP contribution in [-0.2, 0) is 9.53 Å². The quantitative estimate of drug-likeness (QED) is 0.840. The molecule has 4 nitrogen and oxygen atoms in total. The predicted octanol–water partition coefficient (Wildman–Crippen LogP) is 2.02. The first-order chi connectivity index (χ1) is 8.69. The van der Waals surface area contributed by atoms with Gasteiger partial charge in [0.15, 0.2) is 0 Å². The van der Waals surface area contributed by atoms with E-state index in [0.29, 0.717) is 11.3 Å². The van der Waals surface area contributed by atoms with Crippen molar-refractivity contribution in [3.05, 3.63) is 42.0 Å². The van der Waals surface area contributed by atoms with E-state index in [9.17, 15) is 4.79 Å². The normalized spacial score (nSPS) is 12.2. The number of hydrogen-bond donors (Lipinski definition) is 1. The van der Waals surface area contributed by atoms with E-state index in [-0.39, 0.29) is 0 Å². The molecule has 18 heavy (non-hydrogen) atoms. The van der Waals surface area contributed by atoms with Gasteiger partial charge in [-0.15, -0.1) is 0 Å². The molecule has 0 saturated heterocycles. The number of ether oxygens (including phenoxy) is 2. The van der Waals surface area contributed by atoms with E-state index in [2.05, 4.69) is 0 Å². The maximum absolute atomic E-state index is 11.6. The first-order valence-electron chi connectivity index (χ1n) is 5.58. The monoisotopic (exact) mass is 245 g/mol. The van der Waals surface area contributed by atoms with Crippen molar-refractivity contribution in [2.45, 2.75) is 6.04 Å². The molecule has 94 valence electrons. The van der Waals surface area contributed by atoms with Gasteiger partial charge in [0.25, 0.3) is 0 Å². The Kier molecular flexibility index (Phi) is 3.48. The molecule has 0 saturated carbocycles. The average Bonchev–Trinajstić information content (AvgIpc) is 2.44. The van der Waals surface area contributed by atoms with Gasteiger partial charge < -0.3 is 15.2 Å². The largest absolute Gasteiger partial charge is 0.496 e. The highest BCUT2D eigenvalue weighted by Crippen LogP contribution is 2.32. The highest BCUT2D eigenvalue weighted by molar-refractivity contribution is 5.93. The van der Waals surface area contributed by atoms with E-state index in [0.717, 1.165) is 10.8 Å². The lowest BCUT2D eigenvalue weighted by Crippen LogP contribution is -2.23. The van der Waals surface area contributed by atoms with E-state index in [1.165, 1.54) is 7.11 Å². The van der Waals surface area contributed by atoms with Crippen LogP contribution in [0, 0.1) is 0 Å². The SMILES string of the molecule is COC(=O)[C@H](N)c1c(OC)ccc2ccccc12. The summed E-state index contributed by atoms with van der Waals surface area (Å²) in [6, 6.07) is 10.6. The van der Waals surface area contributed by atoms with E-state index in [1.54, 1.807) is 13.2 Å². The lowest BCUT2D eigenvalue weighted by Gasteiger charge is -2.16. The van der Waals surface area contributed by atoms with Crippen molar-refractivity contribution in [1.82, 2.24) is 0 Å². The zero-order valence-corrected chi connectivity index (χ0v) is 10.3. The number of methoxy groups -OCH3 is 2. The molecule has 2 aromatic carbocycles. The van der Waals surface area contributed by atoms with Crippen molar-refractivity contribution in [1.29, 1.82) is 0 Å². The molecule has 2 N–H and O–H groups in total. The fraction of sp³-hybridized carbons (Fsp3) is 0.214. The molecular weight excluding hydrogens is 230 g/mol. The third-order valence-electron chi connectivity index (χ3n) is 2.92. The molecule has 0 unspecified atom stereocenters. The Labute approximate surface area is 105 Å². The molecule has 0 aliphatic rings. The van der Waals surface area contributed by atoms with Gasteiger partial charge in [0, 0.05) is 5.56 Å². The molecule has 0 amide bonds. The van der Waals surface area contributed by atoms with Gasteiger partial charge in [-0.05, 0) is 16.8 Å². The third kappa shape index (κ3) is 2.02. The van der Waals surface area contributed by atoms with E-state index < -0.39 is 12.0 Å². The summed E-state index contributed by atoms with van der Waals surface area (Å²) in [4.78, 5) is 11.6. The van der Waals surface area contributed by atoms with Crippen LogP contribution in [0.1, 0.15) is 11.6 Å². The summed E-state index contributed by atoms with van der Waals surface area (Å²) >= 11 is 0. The Hall–Kier alpha value is -2.07. The summed E-state index contributed by atoms with van der Waals surface area (Å²) in [5.41, 5.74) is 6.59. The number of carbonyl (C=O) groups is 1. The number of esters is 1. The molecule has 0 aliphatic carbocycles. The van der Waals surface area contributed by atoms with Gasteiger partial charge in [-0.25, -0.2) is 0 Å². The summed E-state index contributed by atoms with van der Waals surface area (Å²) in [6.07, 6.45) is 0. The number of rotatable bonds is 3. The summed E-state index contributed by atoms with van der Waals surface area (Å²) in [5.74, 6) is 0.108. The summed E-state index contributed by atoms with van der Waals surface area (Å²) in [6.45, 7) is 0. The van der Waals surface area contributed by atoms with Gasteiger partial charge in [0.2, 0.25) is 0 Å². The zero-order chi connectivity index (χ0) is 13.1. The van der Waals surface area contributed by atoms with Gasteiger partial charge in [0.05, 0.1) is 14.2 Å². The zero-order valence-electron chi connectivity index (χ0n) is 10.3. The maximum atomic E-state index is 11.6. The fourth-order valence-electron chi connectivity index (χ4n) is 2.02. The topological polar surface area (TPSA) is 61.5 Å². The second-order valence-electron chi connectivity index (χ2n) is 3.90. The second kappa shape index (κ2) is 5.06. The Morgan fingerprint density at radius 2 is 1.89 bits per heavy atom. The standard InChI is InChI=1S/C14H15NO3/c1-17-11-8-7-9-5-3-4-6-10(9)12(11)13(15)14(16)18-2/h3-8,13H,15H2,1-2H3/t13-/m1/s1. The molecule has 0 aliphatic heterocycles. The van der Waals surface area contributed by atoms with Crippen LogP contribution in [0.2, 0.25) is 0 Å². The minimum Gasteiger partial charge on any atom is -0.496 e. The molecule has 0 radical (unpaired) electrons. The van der Waals surface area contributed by atoms with E-state index >= 15 is 0 Å². The number of fused-ring (bicyclic) bond motifs is 1. The van der Waals surface area contributed by atoms with Crippen LogP contribution in [0.4, 0.5) is 0 Å². The van der Waals surface area contributed by atoms with Crippen molar-refractivity contribution in [3.8, 4) is 5.75 Å². The number of carbonyl (C=O) groups excluding carboxylic acids is 1. The third-order valence-corrected chi connectivity index (χ3v) is 2.92. The molecule has 0 spiro atoms. The lowest BCUT2D eigenvalue weighted by molar-refractivity contribution is -0.142. The average molecular weight is 245 g/mol. The first kappa shape index (κ1) is 12.4. The second-order valence-corrected chi connectivity index (χ2v) is 3.90. The molecule has 0 bridgehead atoms. The van der Waals surface area contributed by atoms with Crippen LogP contribution in [0.5, 0.6) is 5.75 Å². The van der Waals surface area contributed by atoms with E-state index in [4.69, 9.17) is 15.2 Å². The van der Waals surface area contributed by atoms with Gasteiger partial charge >= 0.3 is 5.97 Å². The number of nitrogens with two attached hydrogens (primary N) is 1. The molecule has 2 rings (SSSR count). The van der Waals surface area contributed by atoms with Gasteiger partial charge in [-0.1, -0.05) is 30.3 Å². The summed E-state index contributed by atoms with van der Waals surface area (Å²) in [5, 5.41) is 1.91. The first-order valence-corrected chi connectivity index (χ1v) is 5.58. The van der Waals surface area contributed by atoms with Crippen LogP contribution in [-0.4, -0.2) is 20.2 Å². The Morgan fingerprint density at radius 1 is 1.17 bits per heavy atom. The minimum atomic E-state index is -0.851. The van der Waals surface area contributed by atoms with Gasteiger partial charge in [-0.3, -0.25) is 4.79 Å². The van der Waals surface area contributed by atoms with Crippen molar-refractivity contribution >= 4 is 16.7 Å². The Bertz CT molecular complexity index is 580. The van der Waals surface area contributed by atoms with Crippen LogP contribution < -0.4 is 10.5 Å². The van der Waals surface area contributed by atoms with Crippen LogP contribution >= 0.6 is 0 Å². The number of benzene rings is 2. The predicted molar refractivity (Wildman–Crippen MR) is 69.4 cm³/mol. The molecular formula is C14H15NO3. The molecule has 0 aromatic heterocycles. The maximum Gasteiger partial charge on any atom is 0.327 e. The van der Waals surface area contributed by atoms with Crippen molar-refractivity contribution in [2.24, 2.45) is 5.73 Å². The van der Waals surface area contributed by atoms with Crippen molar-refractivity contribution < 1.29 is 14.3 Å². The van der Waals surface area contributed by atoms with Gasteiger partial charge in [0.1, 0.15) is 11.8 Å². The minimum absolute atomic E-state index is 0.482. The van der Waals surface area contributed by atoms with Crippen molar-refractivity contribution in [2.75, 3.05) is 14.2 Å². The summed E-state index contributed by atoms with van der Waals surface area (Å²) in [7, 11) is 2.87. The molecule has 4 heteroatoms.